The maximum atomic E-state index is 4.49. The summed E-state index contributed by atoms with van der Waals surface area (Å²) in [6.45, 7) is 1.92. The molecule has 0 bridgehead atoms. The molecule has 0 amide bonds. The number of aromatic nitrogens is 2. The molecule has 1 aromatic heterocycles. The zero-order valence-corrected chi connectivity index (χ0v) is 12.1. The van der Waals surface area contributed by atoms with Crippen LogP contribution >= 0.6 is 0 Å². The van der Waals surface area contributed by atoms with Gasteiger partial charge in [0.15, 0.2) is 5.96 Å². The molecule has 5 nitrogen and oxygen atoms in total. The first-order chi connectivity index (χ1) is 10.3. The van der Waals surface area contributed by atoms with E-state index in [1.807, 2.05) is 29.1 Å². The van der Waals surface area contributed by atoms with Gasteiger partial charge in [0.2, 0.25) is 0 Å². The summed E-state index contributed by atoms with van der Waals surface area (Å²) in [6, 6.07) is 10.7. The third-order valence-corrected chi connectivity index (χ3v) is 4.21. The van der Waals surface area contributed by atoms with E-state index in [9.17, 15) is 0 Å². The van der Waals surface area contributed by atoms with E-state index in [4.69, 9.17) is 0 Å². The molecule has 2 heterocycles. The van der Waals surface area contributed by atoms with Crippen molar-refractivity contribution in [2.24, 2.45) is 4.99 Å². The standard InChI is InChI=1S/C16H19N5/c1-20-8-7-17-16(20)19-15-9-14(15)12-10-18-21(11-12)13-5-3-2-4-6-13/h2-6,10-11,14-15H,7-9H2,1H3,(H,17,19)/t14-,15+/m0/s1. The van der Waals surface area contributed by atoms with E-state index in [0.29, 0.717) is 12.0 Å². The second kappa shape index (κ2) is 4.91. The Kier molecular flexibility index (Phi) is 2.91. The van der Waals surface area contributed by atoms with Crippen molar-refractivity contribution < 1.29 is 0 Å². The topological polar surface area (TPSA) is 45.4 Å². The molecule has 0 saturated heterocycles. The summed E-state index contributed by atoms with van der Waals surface area (Å²) in [5.74, 6) is 1.59. The summed E-state index contributed by atoms with van der Waals surface area (Å²) in [6.07, 6.45) is 5.29. The smallest absolute Gasteiger partial charge is 0.194 e. The molecular weight excluding hydrogens is 262 g/mol. The van der Waals surface area contributed by atoms with E-state index in [1.54, 1.807) is 0 Å². The van der Waals surface area contributed by atoms with Crippen LogP contribution in [0.1, 0.15) is 17.9 Å². The van der Waals surface area contributed by atoms with Gasteiger partial charge in [-0.15, -0.1) is 0 Å². The van der Waals surface area contributed by atoms with Crippen LogP contribution in [-0.4, -0.2) is 46.8 Å². The molecule has 1 fully saturated rings. The van der Waals surface area contributed by atoms with Gasteiger partial charge in [-0.3, -0.25) is 4.99 Å². The maximum Gasteiger partial charge on any atom is 0.194 e. The highest BCUT2D eigenvalue weighted by molar-refractivity contribution is 5.82. The van der Waals surface area contributed by atoms with Gasteiger partial charge in [-0.05, 0) is 24.1 Å². The zero-order valence-electron chi connectivity index (χ0n) is 12.1. The van der Waals surface area contributed by atoms with Crippen molar-refractivity contribution in [1.82, 2.24) is 20.0 Å². The largest absolute Gasteiger partial charge is 0.353 e. The number of para-hydroxylation sites is 1. The molecule has 21 heavy (non-hydrogen) atoms. The maximum absolute atomic E-state index is 4.49. The van der Waals surface area contributed by atoms with Gasteiger partial charge >= 0.3 is 0 Å². The van der Waals surface area contributed by atoms with Gasteiger partial charge < -0.3 is 10.2 Å². The van der Waals surface area contributed by atoms with Crippen LogP contribution in [0.25, 0.3) is 5.69 Å². The van der Waals surface area contributed by atoms with Crippen molar-refractivity contribution in [3.8, 4) is 5.69 Å². The Morgan fingerprint density at radius 1 is 1.24 bits per heavy atom. The van der Waals surface area contributed by atoms with Crippen LogP contribution in [0.5, 0.6) is 0 Å². The van der Waals surface area contributed by atoms with Crippen molar-refractivity contribution >= 4 is 5.96 Å². The number of likely N-dealkylation sites (N-methyl/N-ethyl adjacent to an activating group) is 1. The second-order valence-corrected chi connectivity index (χ2v) is 5.77. The van der Waals surface area contributed by atoms with Crippen LogP contribution in [0, 0.1) is 0 Å². The van der Waals surface area contributed by atoms with Crippen LogP contribution in [0.3, 0.4) is 0 Å². The van der Waals surface area contributed by atoms with E-state index < -0.39 is 0 Å². The van der Waals surface area contributed by atoms with E-state index in [1.165, 1.54) is 5.56 Å². The highest BCUT2D eigenvalue weighted by atomic mass is 15.3. The minimum atomic E-state index is 0.498. The van der Waals surface area contributed by atoms with Crippen LogP contribution in [0.4, 0.5) is 0 Å². The van der Waals surface area contributed by atoms with Gasteiger partial charge in [0.1, 0.15) is 0 Å². The minimum absolute atomic E-state index is 0.498. The normalized spacial score (nSPS) is 24.0. The number of nitrogens with one attached hydrogen (secondary N) is 1. The molecule has 108 valence electrons. The predicted octanol–water partition coefficient (Wildman–Crippen LogP) is 1.62. The number of rotatable bonds is 3. The van der Waals surface area contributed by atoms with Crippen molar-refractivity contribution in [2.45, 2.75) is 18.4 Å². The number of nitrogens with zero attached hydrogens (tertiary/aromatic N) is 4. The molecule has 0 radical (unpaired) electrons. The fourth-order valence-electron chi connectivity index (χ4n) is 2.83. The van der Waals surface area contributed by atoms with E-state index >= 15 is 0 Å². The minimum Gasteiger partial charge on any atom is -0.353 e. The molecule has 1 aliphatic heterocycles. The SMILES string of the molecule is CN1CCN=C1N[C@@H]1C[C@H]1c1cnn(-c2ccccc2)c1. The monoisotopic (exact) mass is 281 g/mol. The Bertz CT molecular complexity index is 660. The summed E-state index contributed by atoms with van der Waals surface area (Å²) in [7, 11) is 2.09. The fraction of sp³-hybridized carbons (Fsp3) is 0.375. The lowest BCUT2D eigenvalue weighted by Gasteiger charge is -2.14. The number of hydrogen-bond acceptors (Lipinski definition) is 4. The molecule has 1 saturated carbocycles. The summed E-state index contributed by atoms with van der Waals surface area (Å²) >= 11 is 0. The number of benzene rings is 1. The van der Waals surface area contributed by atoms with Crippen molar-refractivity contribution in [2.75, 3.05) is 20.1 Å². The van der Waals surface area contributed by atoms with Crippen molar-refractivity contribution in [3.63, 3.8) is 0 Å². The first kappa shape index (κ1) is 12.4. The Morgan fingerprint density at radius 2 is 2.10 bits per heavy atom. The molecule has 1 N–H and O–H groups in total. The van der Waals surface area contributed by atoms with E-state index in [-0.39, 0.29) is 0 Å². The van der Waals surface area contributed by atoms with Crippen molar-refractivity contribution in [3.05, 3.63) is 48.3 Å². The zero-order chi connectivity index (χ0) is 14.2. The highest BCUT2D eigenvalue weighted by Gasteiger charge is 2.40. The predicted molar refractivity (Wildman–Crippen MR) is 82.8 cm³/mol. The average molecular weight is 281 g/mol. The Hall–Kier alpha value is -2.30. The first-order valence-corrected chi connectivity index (χ1v) is 7.43. The first-order valence-electron chi connectivity index (χ1n) is 7.43. The summed E-state index contributed by atoms with van der Waals surface area (Å²) in [4.78, 5) is 6.67. The lowest BCUT2D eigenvalue weighted by molar-refractivity contribution is 0.532. The molecular formula is C16H19N5. The van der Waals surface area contributed by atoms with Crippen molar-refractivity contribution in [1.29, 1.82) is 0 Å². The third kappa shape index (κ3) is 2.39. The van der Waals surface area contributed by atoms with E-state index in [2.05, 4.69) is 45.7 Å². The summed E-state index contributed by atoms with van der Waals surface area (Å²) < 4.78 is 1.95. The molecule has 1 aromatic carbocycles. The van der Waals surface area contributed by atoms with Crippen LogP contribution < -0.4 is 5.32 Å². The molecule has 0 spiro atoms. The molecule has 5 heteroatoms. The van der Waals surface area contributed by atoms with E-state index in [0.717, 1.165) is 31.2 Å². The van der Waals surface area contributed by atoms with Crippen LogP contribution in [0.15, 0.2) is 47.7 Å². The Morgan fingerprint density at radius 3 is 2.86 bits per heavy atom. The highest BCUT2D eigenvalue weighted by Crippen LogP contribution is 2.40. The third-order valence-electron chi connectivity index (χ3n) is 4.21. The van der Waals surface area contributed by atoms with Crippen LogP contribution in [-0.2, 0) is 0 Å². The second-order valence-electron chi connectivity index (χ2n) is 5.77. The lowest BCUT2D eigenvalue weighted by atomic mass is 10.2. The quantitative estimate of drug-likeness (QED) is 0.930. The Balaban J connectivity index is 1.44. The van der Waals surface area contributed by atoms with Gasteiger partial charge in [0.25, 0.3) is 0 Å². The molecule has 4 rings (SSSR count). The lowest BCUT2D eigenvalue weighted by Crippen LogP contribution is -2.37. The van der Waals surface area contributed by atoms with Gasteiger partial charge in [-0.1, -0.05) is 18.2 Å². The number of hydrogen-bond donors (Lipinski definition) is 1. The molecule has 0 unspecified atom stereocenters. The number of guanidine groups is 1. The summed E-state index contributed by atoms with van der Waals surface area (Å²) in [5, 5.41) is 8.02. The van der Waals surface area contributed by atoms with Gasteiger partial charge in [-0.25, -0.2) is 4.68 Å². The number of aliphatic imine (C=N–C) groups is 1. The fourth-order valence-corrected chi connectivity index (χ4v) is 2.83. The molecule has 2 aromatic rings. The summed E-state index contributed by atoms with van der Waals surface area (Å²) in [5.41, 5.74) is 2.41. The average Bonchev–Trinajstić information content (AvgIpc) is 2.92. The molecule has 2 atom stereocenters. The van der Waals surface area contributed by atoms with Gasteiger partial charge in [-0.2, -0.15) is 5.10 Å². The Labute approximate surface area is 124 Å². The van der Waals surface area contributed by atoms with Gasteiger partial charge in [0, 0.05) is 31.7 Å². The molecule has 1 aliphatic carbocycles. The van der Waals surface area contributed by atoms with Gasteiger partial charge in [0.05, 0.1) is 18.4 Å². The molecule has 2 aliphatic rings. The van der Waals surface area contributed by atoms with Crippen LogP contribution in [0.2, 0.25) is 0 Å².